The van der Waals surface area contributed by atoms with Gasteiger partial charge < -0.3 is 15.8 Å². The fourth-order valence-electron chi connectivity index (χ4n) is 3.96. The van der Waals surface area contributed by atoms with E-state index in [4.69, 9.17) is 10.5 Å². The summed E-state index contributed by atoms with van der Waals surface area (Å²) in [4.78, 5) is 47.8. The summed E-state index contributed by atoms with van der Waals surface area (Å²) in [6.45, 7) is 4.43. The van der Waals surface area contributed by atoms with Gasteiger partial charge in [0, 0.05) is 18.0 Å². The molecule has 0 saturated carbocycles. The van der Waals surface area contributed by atoms with Gasteiger partial charge in [0.25, 0.3) is 5.91 Å². The van der Waals surface area contributed by atoms with Crippen molar-refractivity contribution in [2.45, 2.75) is 26.3 Å². The van der Waals surface area contributed by atoms with Gasteiger partial charge >= 0.3 is 11.8 Å². The molecule has 10 heteroatoms. The van der Waals surface area contributed by atoms with Gasteiger partial charge in [-0.1, -0.05) is 13.0 Å². The van der Waals surface area contributed by atoms with Gasteiger partial charge in [-0.25, -0.2) is 9.97 Å². The molecule has 3 N–H and O–H groups in total. The Morgan fingerprint density at radius 3 is 2.82 bits per heavy atom. The van der Waals surface area contributed by atoms with Crippen LogP contribution in [0.5, 0.6) is 5.88 Å². The highest BCUT2D eigenvalue weighted by Crippen LogP contribution is 2.35. The number of anilines is 1. The van der Waals surface area contributed by atoms with E-state index in [1.165, 1.54) is 19.4 Å². The number of nitrogens with zero attached hydrogens (tertiary/aromatic N) is 3. The zero-order chi connectivity index (χ0) is 23.7. The minimum atomic E-state index is -0.824. The second-order valence-electron chi connectivity index (χ2n) is 8.04. The molecule has 4 rings (SSSR count). The number of amides is 3. The Kier molecular flexibility index (Phi) is 6.19. The van der Waals surface area contributed by atoms with E-state index in [1.807, 2.05) is 32.0 Å². The van der Waals surface area contributed by atoms with Crippen LogP contribution in [0.2, 0.25) is 0 Å². The van der Waals surface area contributed by atoms with E-state index >= 15 is 0 Å². The number of carbonyl (C=O) groups excluding carboxylic acids is 3. The van der Waals surface area contributed by atoms with Crippen LogP contribution in [0, 0.1) is 19.3 Å². The highest BCUT2D eigenvalue weighted by atomic mass is 32.1. The summed E-state index contributed by atoms with van der Waals surface area (Å²) in [5.41, 5.74) is 7.31. The zero-order valence-electron chi connectivity index (χ0n) is 18.5. The number of methoxy groups -OCH3 is 1. The molecule has 3 aromatic rings. The van der Waals surface area contributed by atoms with Gasteiger partial charge in [0.2, 0.25) is 5.88 Å². The molecule has 0 unspecified atom stereocenters. The van der Waals surface area contributed by atoms with E-state index in [-0.39, 0.29) is 29.1 Å². The molecule has 1 aromatic carbocycles. The van der Waals surface area contributed by atoms with Crippen LogP contribution in [0.3, 0.4) is 0 Å². The van der Waals surface area contributed by atoms with Gasteiger partial charge in [0.1, 0.15) is 12.0 Å². The van der Waals surface area contributed by atoms with Crippen LogP contribution in [0.15, 0.2) is 30.5 Å². The van der Waals surface area contributed by atoms with E-state index in [0.717, 1.165) is 27.2 Å². The van der Waals surface area contributed by atoms with Crippen LogP contribution >= 0.6 is 11.3 Å². The number of nitrogens with one attached hydrogen (secondary N) is 1. The van der Waals surface area contributed by atoms with Gasteiger partial charge in [-0.3, -0.25) is 19.3 Å². The number of primary amides is 1. The van der Waals surface area contributed by atoms with Crippen molar-refractivity contribution in [3.63, 3.8) is 0 Å². The standard InChI is InChI=1S/C23H23N5O4S/c1-12-4-6-18(14-5-7-19-17(8-14)26-13(2)33-19)28(11-12)23(31)21(30)27-15-9-16(20(24)29)22(32-3)25-10-15/h5-10,12,18H,4,11H2,1-3H3,(H2-,24,27,29,30)/p+1/t12-,18+/m1/s1. The Hall–Kier alpha value is -3.66. The second kappa shape index (κ2) is 9.07. The van der Waals surface area contributed by atoms with E-state index in [2.05, 4.69) is 21.7 Å². The van der Waals surface area contributed by atoms with Crippen molar-refractivity contribution in [2.24, 2.45) is 11.7 Å². The van der Waals surface area contributed by atoms with E-state index in [1.54, 1.807) is 16.2 Å². The Bertz CT molecular complexity index is 1240. The Balaban J connectivity index is 1.58. The summed E-state index contributed by atoms with van der Waals surface area (Å²) >= 11 is 1.61. The average Bonchev–Trinajstić information content (AvgIpc) is 3.17. The summed E-state index contributed by atoms with van der Waals surface area (Å²) < 4.78 is 6.08. The summed E-state index contributed by atoms with van der Waals surface area (Å²) in [5, 5.41) is 3.50. The first-order valence-electron chi connectivity index (χ1n) is 10.4. The van der Waals surface area contributed by atoms with Crippen molar-refractivity contribution in [3.8, 4) is 5.88 Å². The molecule has 3 heterocycles. The maximum Gasteiger partial charge on any atom is 0.316 e. The minimum Gasteiger partial charge on any atom is -0.480 e. The van der Waals surface area contributed by atoms with Crippen molar-refractivity contribution < 1.29 is 19.1 Å². The molecule has 0 aliphatic carbocycles. The third-order valence-corrected chi connectivity index (χ3v) is 6.44. The molecule has 0 bridgehead atoms. The van der Waals surface area contributed by atoms with Gasteiger partial charge in [0.05, 0.1) is 40.6 Å². The average molecular weight is 467 g/mol. The van der Waals surface area contributed by atoms with E-state index in [9.17, 15) is 14.4 Å². The molecule has 9 nitrogen and oxygen atoms in total. The van der Waals surface area contributed by atoms with Gasteiger partial charge in [0.15, 0.2) is 6.04 Å². The molecule has 0 radical (unpaired) electrons. The quantitative estimate of drug-likeness (QED) is 0.450. The molecule has 1 aliphatic heterocycles. The number of rotatable bonds is 4. The van der Waals surface area contributed by atoms with Gasteiger partial charge in [-0.2, -0.15) is 0 Å². The van der Waals surface area contributed by atoms with Crippen molar-refractivity contribution in [1.29, 1.82) is 0 Å². The lowest BCUT2D eigenvalue weighted by Gasteiger charge is -2.32. The van der Waals surface area contributed by atoms with Crippen LogP contribution in [0.25, 0.3) is 10.2 Å². The first-order valence-corrected chi connectivity index (χ1v) is 11.2. The van der Waals surface area contributed by atoms with Crippen molar-refractivity contribution in [1.82, 2.24) is 14.9 Å². The lowest BCUT2D eigenvalue weighted by atomic mass is 9.89. The zero-order valence-corrected chi connectivity index (χ0v) is 19.3. The predicted octanol–water partition coefficient (Wildman–Crippen LogP) is 2.86. The molecule has 1 fully saturated rings. The fraction of sp³-hybridized carbons (Fsp3) is 0.304. The third kappa shape index (κ3) is 4.61. The van der Waals surface area contributed by atoms with Crippen LogP contribution in [0.1, 0.15) is 40.3 Å². The number of ether oxygens (including phenoxy) is 1. The SMILES string of the molecule is COc1ncc(NC(=O)C(=O)N2C[C@H](C)C[CH+][C@H]2c2ccc3sc(C)nc3c2)cc1C(N)=O. The molecule has 2 aromatic heterocycles. The third-order valence-electron chi connectivity index (χ3n) is 5.49. The molecule has 1 saturated heterocycles. The summed E-state index contributed by atoms with van der Waals surface area (Å²) in [7, 11) is 1.36. The number of pyridine rings is 1. The summed E-state index contributed by atoms with van der Waals surface area (Å²) in [6.07, 6.45) is 4.19. The fourth-order valence-corrected chi connectivity index (χ4v) is 4.76. The molecular weight excluding hydrogens is 442 g/mol. The monoisotopic (exact) mass is 466 g/mol. The number of hydrogen-bond donors (Lipinski definition) is 2. The molecule has 2 atom stereocenters. The number of nitrogens with two attached hydrogens (primary N) is 1. The maximum absolute atomic E-state index is 13.2. The molecule has 0 spiro atoms. The first kappa shape index (κ1) is 22.5. The lowest BCUT2D eigenvalue weighted by Crippen LogP contribution is -2.46. The molecule has 33 heavy (non-hydrogen) atoms. The topological polar surface area (TPSA) is 128 Å². The van der Waals surface area contributed by atoms with Crippen LogP contribution < -0.4 is 15.8 Å². The Morgan fingerprint density at radius 1 is 1.30 bits per heavy atom. The highest BCUT2D eigenvalue weighted by molar-refractivity contribution is 7.18. The van der Waals surface area contributed by atoms with Crippen LogP contribution in [-0.4, -0.2) is 46.2 Å². The number of hydrogen-bond acceptors (Lipinski definition) is 7. The normalized spacial score (nSPS) is 18.0. The predicted molar refractivity (Wildman–Crippen MR) is 125 cm³/mol. The Morgan fingerprint density at radius 2 is 2.09 bits per heavy atom. The summed E-state index contributed by atoms with van der Waals surface area (Å²) in [6, 6.07) is 6.93. The first-order chi connectivity index (χ1) is 15.8. The molecule has 1 aliphatic rings. The number of aromatic nitrogens is 2. The van der Waals surface area contributed by atoms with E-state index in [0.29, 0.717) is 6.54 Å². The number of thiazole rings is 1. The van der Waals surface area contributed by atoms with Crippen molar-refractivity contribution in [3.05, 3.63) is 53.0 Å². The van der Waals surface area contributed by atoms with Gasteiger partial charge in [-0.05, 0) is 25.1 Å². The molecule has 170 valence electrons. The molecular formula is C23H24N5O4S+. The minimum absolute atomic E-state index is 0.00686. The van der Waals surface area contributed by atoms with E-state index < -0.39 is 17.7 Å². The maximum atomic E-state index is 13.2. The Labute approximate surface area is 195 Å². The van der Waals surface area contributed by atoms with Crippen molar-refractivity contribution >= 4 is 45.0 Å². The number of fused-ring (bicyclic) bond motifs is 1. The van der Waals surface area contributed by atoms with Crippen molar-refractivity contribution in [2.75, 3.05) is 19.0 Å². The number of carbonyl (C=O) groups is 3. The van der Waals surface area contributed by atoms with Crippen LogP contribution in [0.4, 0.5) is 5.69 Å². The smallest absolute Gasteiger partial charge is 0.316 e. The highest BCUT2D eigenvalue weighted by Gasteiger charge is 2.40. The second-order valence-corrected chi connectivity index (χ2v) is 9.27. The summed E-state index contributed by atoms with van der Waals surface area (Å²) in [5.74, 6) is -2.00. The number of aryl methyl sites for hydroxylation is 1. The van der Waals surface area contributed by atoms with Crippen LogP contribution in [-0.2, 0) is 9.59 Å². The largest absolute Gasteiger partial charge is 0.480 e. The lowest BCUT2D eigenvalue weighted by molar-refractivity contribution is -0.145. The number of likely N-dealkylation sites (tertiary alicyclic amines) is 1. The number of piperidine rings is 1. The molecule has 3 amide bonds. The number of benzene rings is 1. The van der Waals surface area contributed by atoms with Gasteiger partial charge in [-0.15, -0.1) is 11.3 Å².